The second-order valence-electron chi connectivity index (χ2n) is 3.76. The van der Waals surface area contributed by atoms with Crippen LogP contribution in [0.1, 0.15) is 5.56 Å². The molecule has 0 atom stereocenters. The van der Waals surface area contributed by atoms with E-state index in [1.807, 2.05) is 24.3 Å². The highest BCUT2D eigenvalue weighted by atomic mass is 79.9. The van der Waals surface area contributed by atoms with Crippen LogP contribution in [0.3, 0.4) is 0 Å². The van der Waals surface area contributed by atoms with Gasteiger partial charge < -0.3 is 10.4 Å². The average Bonchev–Trinajstić information content (AvgIpc) is 2.34. The molecule has 2 N–H and O–H groups in total. The number of hydrogen-bond donors (Lipinski definition) is 2. The summed E-state index contributed by atoms with van der Waals surface area (Å²) in [6, 6.07) is 11.0. The Bertz CT molecular complexity index is 575. The number of phenols is 1. The van der Waals surface area contributed by atoms with Crippen molar-refractivity contribution in [3.05, 3.63) is 55.9 Å². The van der Waals surface area contributed by atoms with Crippen molar-refractivity contribution in [2.24, 2.45) is 0 Å². The molecule has 2 nitrogen and oxygen atoms in total. The molecule has 0 radical (unpaired) electrons. The molecule has 2 aromatic carbocycles. The normalized spacial score (nSPS) is 10.4. The molecular weight excluding hydrogens is 381 g/mol. The standard InChI is InChI=1S/C13H10Br2ClNO/c14-9-1-4-13(18)8(5-9)7-17-10-2-3-12(16)11(15)6-10/h1-6,17-18H,7H2. The summed E-state index contributed by atoms with van der Waals surface area (Å²) in [5.41, 5.74) is 1.76. The quantitative estimate of drug-likeness (QED) is 0.755. The van der Waals surface area contributed by atoms with Gasteiger partial charge in [-0.05, 0) is 52.3 Å². The highest BCUT2D eigenvalue weighted by Crippen LogP contribution is 2.27. The van der Waals surface area contributed by atoms with Gasteiger partial charge in [-0.1, -0.05) is 27.5 Å². The summed E-state index contributed by atoms with van der Waals surface area (Å²) in [4.78, 5) is 0. The topological polar surface area (TPSA) is 32.3 Å². The Kier molecular flexibility index (Phi) is 4.54. The summed E-state index contributed by atoms with van der Waals surface area (Å²) in [5, 5.41) is 13.6. The fourth-order valence-electron chi connectivity index (χ4n) is 1.50. The maximum atomic E-state index is 9.72. The highest BCUT2D eigenvalue weighted by Gasteiger charge is 2.03. The molecule has 0 saturated carbocycles. The van der Waals surface area contributed by atoms with Crippen molar-refractivity contribution in [2.75, 3.05) is 5.32 Å². The van der Waals surface area contributed by atoms with Gasteiger partial charge in [-0.3, -0.25) is 0 Å². The summed E-state index contributed by atoms with van der Waals surface area (Å²) >= 11 is 12.7. The molecule has 0 aliphatic heterocycles. The molecule has 2 aromatic rings. The molecule has 0 bridgehead atoms. The molecule has 0 unspecified atom stereocenters. The highest BCUT2D eigenvalue weighted by molar-refractivity contribution is 9.10. The summed E-state index contributed by atoms with van der Waals surface area (Å²) in [6.07, 6.45) is 0. The first-order chi connectivity index (χ1) is 8.56. The fraction of sp³-hybridized carbons (Fsp3) is 0.0769. The number of nitrogens with one attached hydrogen (secondary N) is 1. The first-order valence-corrected chi connectivity index (χ1v) is 7.19. The van der Waals surface area contributed by atoms with Gasteiger partial charge in [0, 0.05) is 26.7 Å². The maximum Gasteiger partial charge on any atom is 0.120 e. The van der Waals surface area contributed by atoms with E-state index in [0.717, 1.165) is 20.2 Å². The SMILES string of the molecule is Oc1ccc(Br)cc1CNc1ccc(Cl)c(Br)c1. The Balaban J connectivity index is 2.11. The second-order valence-corrected chi connectivity index (χ2v) is 5.93. The molecule has 0 aromatic heterocycles. The van der Waals surface area contributed by atoms with Crippen LogP contribution in [0.5, 0.6) is 5.75 Å². The molecular formula is C13H10Br2ClNO. The zero-order valence-electron chi connectivity index (χ0n) is 9.25. The van der Waals surface area contributed by atoms with Crippen LogP contribution in [0.15, 0.2) is 45.3 Å². The lowest BCUT2D eigenvalue weighted by Gasteiger charge is -2.09. The van der Waals surface area contributed by atoms with Crippen molar-refractivity contribution < 1.29 is 5.11 Å². The van der Waals surface area contributed by atoms with Gasteiger partial charge in [0.15, 0.2) is 0 Å². The predicted molar refractivity (Wildman–Crippen MR) is 82.3 cm³/mol. The molecule has 5 heteroatoms. The molecule has 0 amide bonds. The van der Waals surface area contributed by atoms with Crippen LogP contribution < -0.4 is 5.32 Å². The van der Waals surface area contributed by atoms with E-state index in [1.54, 1.807) is 12.1 Å². The van der Waals surface area contributed by atoms with Gasteiger partial charge >= 0.3 is 0 Å². The zero-order valence-corrected chi connectivity index (χ0v) is 13.2. The number of benzene rings is 2. The Morgan fingerprint density at radius 1 is 1.11 bits per heavy atom. The van der Waals surface area contributed by atoms with Gasteiger partial charge in [0.2, 0.25) is 0 Å². The van der Waals surface area contributed by atoms with Crippen molar-refractivity contribution in [3.63, 3.8) is 0 Å². The van der Waals surface area contributed by atoms with E-state index in [0.29, 0.717) is 11.6 Å². The molecule has 0 fully saturated rings. The molecule has 0 aliphatic carbocycles. The number of rotatable bonds is 3. The summed E-state index contributed by atoms with van der Waals surface area (Å²) in [7, 11) is 0. The number of aromatic hydroxyl groups is 1. The number of hydrogen-bond acceptors (Lipinski definition) is 2. The smallest absolute Gasteiger partial charge is 0.120 e. The van der Waals surface area contributed by atoms with Gasteiger partial charge in [0.05, 0.1) is 5.02 Å². The summed E-state index contributed by atoms with van der Waals surface area (Å²) in [5.74, 6) is 0.277. The Morgan fingerprint density at radius 3 is 2.61 bits per heavy atom. The lowest BCUT2D eigenvalue weighted by molar-refractivity contribution is 0.469. The van der Waals surface area contributed by atoms with Crippen molar-refractivity contribution in [1.82, 2.24) is 0 Å². The monoisotopic (exact) mass is 389 g/mol. The average molecular weight is 391 g/mol. The van der Waals surface area contributed by atoms with Gasteiger partial charge in [-0.25, -0.2) is 0 Å². The van der Waals surface area contributed by atoms with Crippen molar-refractivity contribution >= 4 is 49.1 Å². The van der Waals surface area contributed by atoms with E-state index in [2.05, 4.69) is 37.2 Å². The van der Waals surface area contributed by atoms with E-state index < -0.39 is 0 Å². The molecule has 18 heavy (non-hydrogen) atoms. The lowest BCUT2D eigenvalue weighted by atomic mass is 10.2. The summed E-state index contributed by atoms with van der Waals surface area (Å²) < 4.78 is 1.78. The van der Waals surface area contributed by atoms with Gasteiger partial charge in [-0.15, -0.1) is 0 Å². The van der Waals surface area contributed by atoms with Crippen molar-refractivity contribution in [1.29, 1.82) is 0 Å². The Morgan fingerprint density at radius 2 is 1.89 bits per heavy atom. The minimum atomic E-state index is 0.277. The number of phenolic OH excluding ortho intramolecular Hbond substituents is 1. The maximum absolute atomic E-state index is 9.72. The minimum Gasteiger partial charge on any atom is -0.508 e. The van der Waals surface area contributed by atoms with Crippen LogP contribution in [-0.4, -0.2) is 5.11 Å². The van der Waals surface area contributed by atoms with E-state index in [1.165, 1.54) is 0 Å². The van der Waals surface area contributed by atoms with Gasteiger partial charge in [0.1, 0.15) is 5.75 Å². The van der Waals surface area contributed by atoms with Crippen LogP contribution in [0.4, 0.5) is 5.69 Å². The molecule has 0 aliphatic rings. The van der Waals surface area contributed by atoms with Crippen LogP contribution in [0.2, 0.25) is 5.02 Å². The van der Waals surface area contributed by atoms with Crippen LogP contribution >= 0.6 is 43.5 Å². The first kappa shape index (κ1) is 13.7. The molecule has 0 heterocycles. The molecule has 94 valence electrons. The predicted octanol–water partition coefficient (Wildman–Crippen LogP) is 5.18. The van der Waals surface area contributed by atoms with Gasteiger partial charge in [-0.2, -0.15) is 0 Å². The second kappa shape index (κ2) is 5.95. The fourth-order valence-corrected chi connectivity index (χ4v) is 2.40. The lowest BCUT2D eigenvalue weighted by Crippen LogP contribution is -1.99. The van der Waals surface area contributed by atoms with Crippen LogP contribution in [0, 0.1) is 0 Å². The summed E-state index contributed by atoms with van der Waals surface area (Å²) in [6.45, 7) is 0.541. The van der Waals surface area contributed by atoms with Crippen molar-refractivity contribution in [2.45, 2.75) is 6.54 Å². The third-order valence-corrected chi connectivity index (χ3v) is 4.15. The van der Waals surface area contributed by atoms with E-state index in [9.17, 15) is 5.11 Å². The van der Waals surface area contributed by atoms with E-state index in [-0.39, 0.29) is 5.75 Å². The largest absolute Gasteiger partial charge is 0.508 e. The third-order valence-electron chi connectivity index (χ3n) is 2.44. The minimum absolute atomic E-state index is 0.277. The third kappa shape index (κ3) is 3.40. The number of halogens is 3. The molecule has 0 spiro atoms. The van der Waals surface area contributed by atoms with Crippen LogP contribution in [0.25, 0.3) is 0 Å². The zero-order chi connectivity index (χ0) is 13.1. The van der Waals surface area contributed by atoms with E-state index in [4.69, 9.17) is 11.6 Å². The first-order valence-electron chi connectivity index (χ1n) is 5.22. The van der Waals surface area contributed by atoms with Crippen molar-refractivity contribution in [3.8, 4) is 5.75 Å². The van der Waals surface area contributed by atoms with E-state index >= 15 is 0 Å². The Labute approximate surface area is 127 Å². The van der Waals surface area contributed by atoms with Gasteiger partial charge in [0.25, 0.3) is 0 Å². The number of anilines is 1. The molecule has 0 saturated heterocycles. The Hall–Kier alpha value is -0.710. The van der Waals surface area contributed by atoms with Crippen LogP contribution in [-0.2, 0) is 6.54 Å². The molecule has 2 rings (SSSR count).